The predicted octanol–water partition coefficient (Wildman–Crippen LogP) is 0.536. The Kier molecular flexibility index (Phi) is 3.80. The van der Waals surface area contributed by atoms with Gasteiger partial charge in [0.2, 0.25) is 5.91 Å². The van der Waals surface area contributed by atoms with Crippen LogP contribution in [0.5, 0.6) is 0 Å². The quantitative estimate of drug-likeness (QED) is 0.615. The molecule has 0 unspecified atom stereocenters. The molecule has 0 saturated carbocycles. The van der Waals surface area contributed by atoms with E-state index >= 15 is 0 Å². The highest BCUT2D eigenvalue weighted by molar-refractivity contribution is 6.33. The molecule has 0 aliphatic carbocycles. The van der Waals surface area contributed by atoms with Gasteiger partial charge in [0, 0.05) is 0 Å². The van der Waals surface area contributed by atoms with Gasteiger partial charge in [-0.2, -0.15) is 13.2 Å². The number of hydrogen-bond acceptors (Lipinski definition) is 2. The van der Waals surface area contributed by atoms with Crippen LogP contribution in [0, 0.1) is 0 Å². The zero-order valence-electron chi connectivity index (χ0n) is 8.23. The van der Waals surface area contributed by atoms with E-state index in [1.54, 1.807) is 0 Å². The van der Waals surface area contributed by atoms with Crippen molar-refractivity contribution in [3.8, 4) is 0 Å². The van der Waals surface area contributed by atoms with Crippen LogP contribution >= 0.6 is 11.6 Å². The molecule has 0 aliphatic heterocycles. The number of pyridine rings is 1. The normalized spacial score (nSPS) is 11.2. The molecular weight excluding hydrogens is 243 g/mol. The molecule has 1 aromatic rings. The molecule has 0 radical (unpaired) electrons. The van der Waals surface area contributed by atoms with Gasteiger partial charge in [-0.05, 0) is 6.07 Å². The van der Waals surface area contributed by atoms with Crippen LogP contribution in [-0.2, 0) is 11.0 Å². The lowest BCUT2D eigenvalue weighted by Crippen LogP contribution is -2.24. The van der Waals surface area contributed by atoms with Crippen molar-refractivity contribution in [1.29, 1.82) is 0 Å². The highest BCUT2D eigenvalue weighted by Crippen LogP contribution is 2.26. The van der Waals surface area contributed by atoms with E-state index in [0.29, 0.717) is 0 Å². The van der Waals surface area contributed by atoms with Gasteiger partial charge in [0.05, 0.1) is 0 Å². The Morgan fingerprint density at radius 3 is 2.62 bits per heavy atom. The van der Waals surface area contributed by atoms with Gasteiger partial charge in [-0.3, -0.25) is 4.79 Å². The molecule has 86 valence electrons. The monoisotopic (exact) mass is 250 g/mol. The number of halogens is 4. The minimum absolute atomic E-state index is 0.00336. The molecule has 0 aliphatic rings. The molecule has 1 amide bonds. The first-order valence-corrected chi connectivity index (χ1v) is 4.78. The second kappa shape index (κ2) is 4.73. The van der Waals surface area contributed by atoms with E-state index in [1.807, 2.05) is 0 Å². The second-order valence-corrected chi connectivity index (χ2v) is 3.31. The van der Waals surface area contributed by atoms with E-state index in [9.17, 15) is 18.0 Å². The first kappa shape index (κ1) is 12.8. The van der Waals surface area contributed by atoms with Crippen LogP contribution in [0.15, 0.2) is 12.1 Å². The van der Waals surface area contributed by atoms with Gasteiger partial charge in [-0.1, -0.05) is 11.5 Å². The molecule has 3 nitrogen and oxygen atoms in total. The fraction of sp³-hybridized carbons (Fsp3) is 0.250. The minimum atomic E-state index is -4.54. The Bertz CT molecular complexity index is 411. The number of rotatable bonds is 2. The summed E-state index contributed by atoms with van der Waals surface area (Å²) in [5, 5.41) is 2.15. The molecule has 0 fully saturated rings. The van der Waals surface area contributed by atoms with E-state index in [4.69, 9.17) is 11.6 Å². The number of carbonyl (C=O) groups excluding carboxylic acids is 1. The standard InChI is InChI=1S/C8H7BClF3N2O/c9-4-1-2-5(14-6(16)3-10)15-7(4)8(11,12)13/h1-2H,3,9H2,(H,14,15,16). The predicted molar refractivity (Wildman–Crippen MR) is 56.8 cm³/mol. The van der Waals surface area contributed by atoms with E-state index in [2.05, 4.69) is 10.3 Å². The number of nitrogens with zero attached hydrogens (tertiary/aromatic N) is 1. The third-order valence-corrected chi connectivity index (χ3v) is 2.00. The van der Waals surface area contributed by atoms with Crippen molar-refractivity contribution in [3.63, 3.8) is 0 Å². The smallest absolute Gasteiger partial charge is 0.310 e. The van der Waals surface area contributed by atoms with Crippen molar-refractivity contribution < 1.29 is 18.0 Å². The van der Waals surface area contributed by atoms with Crippen molar-refractivity contribution >= 4 is 36.6 Å². The van der Waals surface area contributed by atoms with Crippen LogP contribution in [0.2, 0.25) is 0 Å². The highest BCUT2D eigenvalue weighted by Gasteiger charge is 2.34. The summed E-state index contributed by atoms with van der Waals surface area (Å²) in [7, 11) is 1.29. The average Bonchev–Trinajstić information content (AvgIpc) is 2.19. The molecule has 1 rings (SSSR count). The topological polar surface area (TPSA) is 42.0 Å². The van der Waals surface area contributed by atoms with Crippen molar-refractivity contribution in [3.05, 3.63) is 17.8 Å². The SMILES string of the molecule is Bc1ccc(NC(=O)CCl)nc1C(F)(F)F. The van der Waals surface area contributed by atoms with Crippen LogP contribution in [0.1, 0.15) is 5.69 Å². The number of amides is 1. The number of aromatic nitrogens is 1. The molecule has 0 atom stereocenters. The number of alkyl halides is 4. The van der Waals surface area contributed by atoms with Gasteiger partial charge < -0.3 is 5.32 Å². The molecule has 0 aromatic carbocycles. The van der Waals surface area contributed by atoms with Gasteiger partial charge in [0.15, 0.2) is 0 Å². The van der Waals surface area contributed by atoms with Crippen LogP contribution in [0.3, 0.4) is 0 Å². The van der Waals surface area contributed by atoms with E-state index < -0.39 is 17.8 Å². The van der Waals surface area contributed by atoms with Crippen molar-refractivity contribution in [2.24, 2.45) is 0 Å². The molecule has 0 saturated heterocycles. The summed E-state index contributed by atoms with van der Waals surface area (Å²) in [5.41, 5.74) is -1.02. The number of nitrogens with one attached hydrogen (secondary N) is 1. The van der Waals surface area contributed by atoms with Crippen LogP contribution in [0.25, 0.3) is 0 Å². The number of carbonyl (C=O) groups is 1. The zero-order chi connectivity index (χ0) is 12.3. The summed E-state index contributed by atoms with van der Waals surface area (Å²) in [6.07, 6.45) is -4.54. The highest BCUT2D eigenvalue weighted by atomic mass is 35.5. The van der Waals surface area contributed by atoms with E-state index in [-0.39, 0.29) is 17.2 Å². The lowest BCUT2D eigenvalue weighted by atomic mass is 9.94. The molecule has 1 aromatic heterocycles. The van der Waals surface area contributed by atoms with Crippen molar-refractivity contribution in [2.45, 2.75) is 6.18 Å². The van der Waals surface area contributed by atoms with Crippen molar-refractivity contribution in [2.75, 3.05) is 11.2 Å². The van der Waals surface area contributed by atoms with Gasteiger partial charge >= 0.3 is 6.18 Å². The Morgan fingerprint density at radius 2 is 2.12 bits per heavy atom. The van der Waals surface area contributed by atoms with Crippen LogP contribution in [0.4, 0.5) is 19.0 Å². The summed E-state index contributed by atoms with van der Waals surface area (Å²) < 4.78 is 37.3. The van der Waals surface area contributed by atoms with E-state index in [1.165, 1.54) is 20.0 Å². The Balaban J connectivity index is 3.03. The summed E-state index contributed by atoms with van der Waals surface area (Å²) >= 11 is 5.20. The Hall–Kier alpha value is -1.24. The van der Waals surface area contributed by atoms with Gasteiger partial charge in [-0.25, -0.2) is 4.98 Å². The maximum atomic E-state index is 12.4. The Labute approximate surface area is 95.4 Å². The summed E-state index contributed by atoms with van der Waals surface area (Å²) in [4.78, 5) is 14.2. The zero-order valence-corrected chi connectivity index (χ0v) is 8.99. The summed E-state index contributed by atoms with van der Waals surface area (Å²) in [6, 6.07) is 2.52. The second-order valence-electron chi connectivity index (χ2n) is 3.04. The molecule has 8 heteroatoms. The molecule has 16 heavy (non-hydrogen) atoms. The molecular formula is C8H7BClF3N2O. The lowest BCUT2D eigenvalue weighted by Gasteiger charge is -2.11. The van der Waals surface area contributed by atoms with Gasteiger partial charge in [0.25, 0.3) is 0 Å². The third kappa shape index (κ3) is 3.13. The summed E-state index contributed by atoms with van der Waals surface area (Å²) in [5.74, 6) is -1.11. The first-order chi connectivity index (χ1) is 7.34. The largest absolute Gasteiger partial charge is 0.432 e. The van der Waals surface area contributed by atoms with Crippen LogP contribution in [-0.4, -0.2) is 24.6 Å². The van der Waals surface area contributed by atoms with Gasteiger partial charge in [0.1, 0.15) is 25.2 Å². The van der Waals surface area contributed by atoms with E-state index in [0.717, 1.165) is 0 Å². The van der Waals surface area contributed by atoms with Crippen LogP contribution < -0.4 is 10.8 Å². The number of anilines is 1. The number of hydrogen-bond donors (Lipinski definition) is 1. The molecule has 1 N–H and O–H groups in total. The molecule has 0 bridgehead atoms. The fourth-order valence-electron chi connectivity index (χ4n) is 1.06. The minimum Gasteiger partial charge on any atom is -0.310 e. The maximum absolute atomic E-state index is 12.4. The average molecular weight is 250 g/mol. The first-order valence-electron chi connectivity index (χ1n) is 4.25. The lowest BCUT2D eigenvalue weighted by molar-refractivity contribution is -0.140. The van der Waals surface area contributed by atoms with Gasteiger partial charge in [-0.15, -0.1) is 11.6 Å². The maximum Gasteiger partial charge on any atom is 0.432 e. The summed E-state index contributed by atoms with van der Waals surface area (Å²) in [6.45, 7) is 0. The third-order valence-electron chi connectivity index (χ3n) is 1.75. The molecule has 0 spiro atoms. The fourth-order valence-corrected chi connectivity index (χ4v) is 1.13. The Morgan fingerprint density at radius 1 is 1.50 bits per heavy atom. The van der Waals surface area contributed by atoms with Crippen molar-refractivity contribution in [1.82, 2.24) is 4.98 Å². The molecule has 1 heterocycles.